The third-order valence-electron chi connectivity index (χ3n) is 1.94. The van der Waals surface area contributed by atoms with Crippen LogP contribution in [0.2, 0.25) is 10.0 Å². The quantitative estimate of drug-likeness (QED) is 0.837. The van der Waals surface area contributed by atoms with Gasteiger partial charge in [0.25, 0.3) is 5.91 Å². The summed E-state index contributed by atoms with van der Waals surface area (Å²) in [4.78, 5) is 11.3. The van der Waals surface area contributed by atoms with Crippen LogP contribution in [0.15, 0.2) is 18.2 Å². The van der Waals surface area contributed by atoms with Gasteiger partial charge in [0.2, 0.25) is 0 Å². The number of halogens is 2. The van der Waals surface area contributed by atoms with Gasteiger partial charge in [0.1, 0.15) is 6.04 Å². The van der Waals surface area contributed by atoms with Gasteiger partial charge in [0.05, 0.1) is 16.1 Å². The molecule has 1 atom stereocenters. The van der Waals surface area contributed by atoms with Crippen molar-refractivity contribution in [3.05, 3.63) is 33.8 Å². The van der Waals surface area contributed by atoms with E-state index in [0.29, 0.717) is 10.6 Å². The van der Waals surface area contributed by atoms with Gasteiger partial charge in [0.15, 0.2) is 0 Å². The van der Waals surface area contributed by atoms with E-state index in [1.54, 1.807) is 18.2 Å². The molecule has 0 aromatic heterocycles. The van der Waals surface area contributed by atoms with E-state index >= 15 is 0 Å². The minimum absolute atomic E-state index is 0.255. The summed E-state index contributed by atoms with van der Waals surface area (Å²) in [6.45, 7) is 1.54. The van der Waals surface area contributed by atoms with Crippen molar-refractivity contribution in [1.82, 2.24) is 5.32 Å². The first-order valence-corrected chi connectivity index (χ1v) is 5.42. The molecule has 86 valence electrons. The third kappa shape index (κ3) is 3.39. The minimum Gasteiger partial charge on any atom is -0.326 e. The van der Waals surface area contributed by atoms with Crippen LogP contribution in [0, 0.1) is 23.2 Å². The summed E-state index contributed by atoms with van der Waals surface area (Å²) in [6.07, 6.45) is 0. The largest absolute Gasteiger partial charge is 0.326 e. The molecule has 17 heavy (non-hydrogen) atoms. The number of benzene rings is 1. The predicted octanol–water partition coefficient (Wildman–Crippen LogP) is 2.70. The first kappa shape index (κ1) is 13.4. The van der Waals surface area contributed by atoms with Gasteiger partial charge in [-0.3, -0.25) is 4.79 Å². The van der Waals surface area contributed by atoms with Gasteiger partial charge < -0.3 is 5.32 Å². The first-order valence-electron chi connectivity index (χ1n) is 4.67. The standard InChI is InChI=1S/C12H8Cl2N2O/c1-2-4-11(17)16-10(7-15)8-5-3-6-9(13)12(8)14/h3,5-6,10H,1H3,(H,16,17). The van der Waals surface area contributed by atoms with Crippen LogP contribution in [0.4, 0.5) is 0 Å². The van der Waals surface area contributed by atoms with Crippen LogP contribution in [0.5, 0.6) is 0 Å². The van der Waals surface area contributed by atoms with Crippen molar-refractivity contribution in [1.29, 1.82) is 5.26 Å². The van der Waals surface area contributed by atoms with Crippen molar-refractivity contribution >= 4 is 29.1 Å². The highest BCUT2D eigenvalue weighted by molar-refractivity contribution is 6.42. The molecule has 3 nitrogen and oxygen atoms in total. The highest BCUT2D eigenvalue weighted by Gasteiger charge is 2.17. The molecule has 0 spiro atoms. The molecule has 0 aliphatic carbocycles. The first-order chi connectivity index (χ1) is 8.10. The molecule has 1 N–H and O–H groups in total. The fourth-order valence-corrected chi connectivity index (χ4v) is 1.62. The Kier molecular flexibility index (Phi) is 4.84. The molecule has 0 heterocycles. The van der Waals surface area contributed by atoms with Crippen LogP contribution >= 0.6 is 23.2 Å². The van der Waals surface area contributed by atoms with Crippen molar-refractivity contribution in [3.8, 4) is 17.9 Å². The average molecular weight is 267 g/mol. The lowest BCUT2D eigenvalue weighted by molar-refractivity contribution is -0.116. The second-order valence-corrected chi connectivity index (χ2v) is 3.84. The monoisotopic (exact) mass is 266 g/mol. The van der Waals surface area contributed by atoms with E-state index in [9.17, 15) is 4.79 Å². The smallest absolute Gasteiger partial charge is 0.297 e. The number of carbonyl (C=O) groups is 1. The summed E-state index contributed by atoms with van der Waals surface area (Å²) in [5.41, 5.74) is 0.452. The maximum Gasteiger partial charge on any atom is 0.297 e. The molecule has 0 saturated heterocycles. The number of amides is 1. The van der Waals surface area contributed by atoms with E-state index in [1.165, 1.54) is 6.92 Å². The van der Waals surface area contributed by atoms with Crippen molar-refractivity contribution < 1.29 is 4.79 Å². The molecule has 0 fully saturated rings. The highest BCUT2D eigenvalue weighted by atomic mass is 35.5. The van der Waals surface area contributed by atoms with Gasteiger partial charge in [0, 0.05) is 5.56 Å². The number of hydrogen-bond donors (Lipinski definition) is 1. The van der Waals surface area contributed by atoms with Gasteiger partial charge in [-0.15, -0.1) is 0 Å². The second-order valence-electron chi connectivity index (χ2n) is 3.05. The minimum atomic E-state index is -0.866. The zero-order chi connectivity index (χ0) is 12.8. The molecule has 0 saturated carbocycles. The zero-order valence-electron chi connectivity index (χ0n) is 8.92. The van der Waals surface area contributed by atoms with Crippen molar-refractivity contribution in [3.63, 3.8) is 0 Å². The molecule has 1 amide bonds. The predicted molar refractivity (Wildman–Crippen MR) is 66.4 cm³/mol. The molecule has 1 unspecified atom stereocenters. The van der Waals surface area contributed by atoms with E-state index in [1.807, 2.05) is 6.07 Å². The Morgan fingerprint density at radius 1 is 1.47 bits per heavy atom. The second kappa shape index (κ2) is 6.15. The zero-order valence-corrected chi connectivity index (χ0v) is 10.4. The normalized spacial score (nSPS) is 10.7. The molecule has 0 aliphatic rings. The molecule has 1 aromatic rings. The van der Waals surface area contributed by atoms with Crippen molar-refractivity contribution in [2.45, 2.75) is 13.0 Å². The van der Waals surface area contributed by atoms with Gasteiger partial charge in [-0.05, 0) is 18.9 Å². The lowest BCUT2D eigenvalue weighted by atomic mass is 10.1. The molecule has 0 aliphatic heterocycles. The fraction of sp³-hybridized carbons (Fsp3) is 0.167. The topological polar surface area (TPSA) is 52.9 Å². The number of carbonyl (C=O) groups excluding carboxylic acids is 1. The maximum absolute atomic E-state index is 11.3. The van der Waals surface area contributed by atoms with E-state index < -0.39 is 11.9 Å². The van der Waals surface area contributed by atoms with Crippen LogP contribution in [-0.2, 0) is 4.79 Å². The maximum atomic E-state index is 11.3. The van der Waals surface area contributed by atoms with Gasteiger partial charge in [-0.25, -0.2) is 0 Å². The van der Waals surface area contributed by atoms with Crippen LogP contribution in [0.3, 0.4) is 0 Å². The Morgan fingerprint density at radius 3 is 2.76 bits per heavy atom. The molecular weight excluding hydrogens is 259 g/mol. The van der Waals surface area contributed by atoms with Crippen molar-refractivity contribution in [2.24, 2.45) is 0 Å². The Balaban J connectivity index is 3.02. The fourth-order valence-electron chi connectivity index (χ4n) is 1.20. The lowest BCUT2D eigenvalue weighted by Gasteiger charge is -2.12. The summed E-state index contributed by atoms with van der Waals surface area (Å²) < 4.78 is 0. The molecule has 5 heteroatoms. The van der Waals surface area contributed by atoms with Crippen LogP contribution in [0.25, 0.3) is 0 Å². The Hall–Kier alpha value is -1.68. The number of nitriles is 1. The van der Waals surface area contributed by atoms with Gasteiger partial charge >= 0.3 is 0 Å². The van der Waals surface area contributed by atoms with Crippen LogP contribution in [-0.4, -0.2) is 5.91 Å². The summed E-state index contributed by atoms with van der Waals surface area (Å²) >= 11 is 11.8. The average Bonchev–Trinajstić information content (AvgIpc) is 2.30. The van der Waals surface area contributed by atoms with E-state index in [-0.39, 0.29) is 5.02 Å². The van der Waals surface area contributed by atoms with E-state index in [0.717, 1.165) is 0 Å². The highest BCUT2D eigenvalue weighted by Crippen LogP contribution is 2.29. The summed E-state index contributed by atoms with van der Waals surface area (Å²) in [5, 5.41) is 12.0. The number of nitrogens with zero attached hydrogens (tertiary/aromatic N) is 1. The SMILES string of the molecule is CC#CC(=O)NC(C#N)c1cccc(Cl)c1Cl. The number of rotatable bonds is 2. The third-order valence-corrected chi connectivity index (χ3v) is 2.77. The van der Waals surface area contributed by atoms with Gasteiger partial charge in [-0.2, -0.15) is 5.26 Å². The van der Waals surface area contributed by atoms with Gasteiger partial charge in [-0.1, -0.05) is 41.3 Å². The van der Waals surface area contributed by atoms with Crippen LogP contribution in [0.1, 0.15) is 18.5 Å². The lowest BCUT2D eigenvalue weighted by Crippen LogP contribution is -2.26. The molecule has 0 radical (unpaired) electrons. The van der Waals surface area contributed by atoms with Crippen molar-refractivity contribution in [2.75, 3.05) is 0 Å². The Bertz CT molecular complexity index is 538. The Labute approximate surface area is 109 Å². The number of hydrogen-bond acceptors (Lipinski definition) is 2. The summed E-state index contributed by atoms with van der Waals surface area (Å²) in [6, 6.07) is 5.96. The molecule has 1 aromatic carbocycles. The molecule has 1 rings (SSSR count). The number of nitrogens with one attached hydrogen (secondary N) is 1. The summed E-state index contributed by atoms with van der Waals surface area (Å²) in [7, 11) is 0. The van der Waals surface area contributed by atoms with Crippen LogP contribution < -0.4 is 5.32 Å². The van der Waals surface area contributed by atoms with E-state index in [2.05, 4.69) is 17.2 Å². The Morgan fingerprint density at radius 2 is 2.18 bits per heavy atom. The summed E-state index contributed by atoms with van der Waals surface area (Å²) in [5.74, 6) is 4.20. The molecular formula is C12H8Cl2N2O. The molecule has 0 bridgehead atoms. The van der Waals surface area contributed by atoms with E-state index in [4.69, 9.17) is 28.5 Å².